The smallest absolute Gasteiger partial charge is 0.269 e. The number of carbonyl (C=O) groups excluding carboxylic acids is 2. The van der Waals surface area contributed by atoms with Crippen LogP contribution in [-0.4, -0.2) is 18.4 Å². The zero-order chi connectivity index (χ0) is 18.1. The summed E-state index contributed by atoms with van der Waals surface area (Å²) < 4.78 is 5.62. The maximum Gasteiger partial charge on any atom is 0.269 e. The minimum absolute atomic E-state index is 0.213. The number of carbonyl (C=O) groups is 2. The van der Waals surface area contributed by atoms with Crippen LogP contribution in [-0.2, 0) is 11.2 Å². The minimum Gasteiger partial charge on any atom is -0.494 e. The van der Waals surface area contributed by atoms with E-state index in [9.17, 15) is 9.59 Å². The maximum atomic E-state index is 12.0. The van der Waals surface area contributed by atoms with Crippen molar-refractivity contribution in [3.05, 3.63) is 52.2 Å². The Morgan fingerprint density at radius 1 is 1.12 bits per heavy atom. The van der Waals surface area contributed by atoms with Gasteiger partial charge in [-0.3, -0.25) is 20.4 Å². The minimum atomic E-state index is -0.349. The van der Waals surface area contributed by atoms with Gasteiger partial charge in [-0.05, 0) is 54.5 Å². The van der Waals surface area contributed by atoms with E-state index in [-0.39, 0.29) is 11.8 Å². The monoisotopic (exact) mass is 360 g/mol. The van der Waals surface area contributed by atoms with E-state index >= 15 is 0 Å². The lowest BCUT2D eigenvalue weighted by Crippen LogP contribution is -2.41. The molecule has 0 aliphatic carbocycles. The van der Waals surface area contributed by atoms with Gasteiger partial charge in [-0.2, -0.15) is 0 Å². The summed E-state index contributed by atoms with van der Waals surface area (Å²) in [5.41, 5.74) is 5.34. The normalized spacial score (nSPS) is 10.5. The largest absolute Gasteiger partial charge is 0.494 e. The van der Waals surface area contributed by atoms with Gasteiger partial charge in [-0.25, -0.2) is 0 Å². The third-order valence-electron chi connectivity index (χ3n) is 3.57. The summed E-state index contributed by atoms with van der Waals surface area (Å²) in [6.07, 6.45) is 1.99. The number of amides is 2. The molecule has 6 heteroatoms. The Balaban J connectivity index is 1.71. The van der Waals surface area contributed by atoms with Gasteiger partial charge < -0.3 is 4.74 Å². The number of hydrazine groups is 1. The van der Waals surface area contributed by atoms with E-state index in [0.29, 0.717) is 30.9 Å². The van der Waals surface area contributed by atoms with Crippen molar-refractivity contribution in [1.82, 2.24) is 10.9 Å². The van der Waals surface area contributed by atoms with Gasteiger partial charge in [0.05, 0.1) is 6.61 Å². The molecule has 2 aromatic rings. The van der Waals surface area contributed by atoms with Crippen LogP contribution in [0.25, 0.3) is 0 Å². The van der Waals surface area contributed by atoms with Crippen molar-refractivity contribution in [3.63, 3.8) is 0 Å². The van der Waals surface area contributed by atoms with Gasteiger partial charge in [0.2, 0.25) is 5.91 Å². The van der Waals surface area contributed by atoms with Gasteiger partial charge in [0.1, 0.15) is 5.75 Å². The van der Waals surface area contributed by atoms with E-state index in [4.69, 9.17) is 4.74 Å². The molecule has 1 heterocycles. The molecular weight excluding hydrogens is 336 g/mol. The first-order valence-electron chi connectivity index (χ1n) is 8.39. The number of benzene rings is 1. The average Bonchev–Trinajstić information content (AvgIpc) is 3.11. The van der Waals surface area contributed by atoms with Crippen LogP contribution < -0.4 is 15.6 Å². The molecule has 2 N–H and O–H groups in total. The summed E-state index contributed by atoms with van der Waals surface area (Å²) in [6.45, 7) is 4.94. The first kappa shape index (κ1) is 19.0. The topological polar surface area (TPSA) is 67.4 Å². The summed E-state index contributed by atoms with van der Waals surface area (Å²) in [5, 5.41) is 1.98. The Hall–Kier alpha value is -2.34. The molecule has 0 atom stereocenters. The predicted octanol–water partition coefficient (Wildman–Crippen LogP) is 3.57. The van der Waals surface area contributed by atoms with E-state index in [0.717, 1.165) is 17.0 Å². The van der Waals surface area contributed by atoms with Crippen molar-refractivity contribution < 1.29 is 14.3 Å². The second kappa shape index (κ2) is 9.84. The predicted molar refractivity (Wildman–Crippen MR) is 99.6 cm³/mol. The van der Waals surface area contributed by atoms with Gasteiger partial charge in [-0.1, -0.05) is 19.9 Å². The van der Waals surface area contributed by atoms with Gasteiger partial charge in [0.25, 0.3) is 5.91 Å². The number of aryl methyl sites for hydroxylation is 1. The first-order chi connectivity index (χ1) is 12.0. The highest BCUT2D eigenvalue weighted by molar-refractivity contribution is 7.09. The van der Waals surface area contributed by atoms with Crippen molar-refractivity contribution >= 4 is 23.2 Å². The number of ether oxygens (including phenoxy) is 1. The Bertz CT molecular complexity index is 666. The highest BCUT2D eigenvalue weighted by Crippen LogP contribution is 2.13. The number of nitrogens with one attached hydrogen (secondary N) is 2. The van der Waals surface area contributed by atoms with Crippen LogP contribution >= 0.6 is 11.3 Å². The molecule has 0 aliphatic rings. The van der Waals surface area contributed by atoms with Crippen molar-refractivity contribution in [2.45, 2.75) is 33.1 Å². The zero-order valence-electron chi connectivity index (χ0n) is 14.6. The van der Waals surface area contributed by atoms with Crippen LogP contribution in [0, 0.1) is 5.92 Å². The number of thiophene rings is 1. The molecule has 5 nitrogen and oxygen atoms in total. The lowest BCUT2D eigenvalue weighted by Gasteiger charge is -2.09. The first-order valence-corrected chi connectivity index (χ1v) is 9.27. The van der Waals surface area contributed by atoms with E-state index in [1.54, 1.807) is 35.6 Å². The van der Waals surface area contributed by atoms with Crippen molar-refractivity contribution in [2.24, 2.45) is 5.92 Å². The molecule has 1 aromatic carbocycles. The van der Waals surface area contributed by atoms with Gasteiger partial charge >= 0.3 is 0 Å². The molecule has 0 unspecified atom stereocenters. The van der Waals surface area contributed by atoms with Crippen molar-refractivity contribution in [2.75, 3.05) is 6.61 Å². The molecule has 0 spiro atoms. The summed E-state index contributed by atoms with van der Waals surface area (Å²) >= 11 is 1.62. The molecule has 134 valence electrons. The average molecular weight is 360 g/mol. The molecule has 0 radical (unpaired) electrons. The molecule has 0 saturated heterocycles. The fourth-order valence-corrected chi connectivity index (χ4v) is 2.78. The molecule has 0 aliphatic heterocycles. The molecular formula is C19H24N2O3S. The highest BCUT2D eigenvalue weighted by atomic mass is 32.1. The second-order valence-electron chi connectivity index (χ2n) is 6.14. The number of hydrogen-bond donors (Lipinski definition) is 2. The van der Waals surface area contributed by atoms with Gasteiger partial charge in [-0.15, -0.1) is 11.3 Å². The quantitative estimate of drug-likeness (QED) is 0.707. The van der Waals surface area contributed by atoms with Gasteiger partial charge in [0.15, 0.2) is 0 Å². The molecule has 2 rings (SSSR count). The van der Waals surface area contributed by atoms with Crippen LogP contribution in [0.4, 0.5) is 0 Å². The SMILES string of the molecule is CC(C)CCOc1ccc(C(=O)NNC(=O)CCc2cccs2)cc1. The maximum absolute atomic E-state index is 12.0. The Labute approximate surface area is 152 Å². The summed E-state index contributed by atoms with van der Waals surface area (Å²) in [5.74, 6) is 0.763. The van der Waals surface area contributed by atoms with Crippen LogP contribution in [0.3, 0.4) is 0 Å². The standard InChI is InChI=1S/C19H24N2O3S/c1-14(2)11-12-24-16-7-5-15(6-8-16)19(23)21-20-18(22)10-9-17-4-3-13-25-17/h3-8,13-14H,9-12H2,1-2H3,(H,20,22)(H,21,23). The van der Waals surface area contributed by atoms with Crippen LogP contribution in [0.5, 0.6) is 5.75 Å². The molecule has 1 aromatic heterocycles. The summed E-state index contributed by atoms with van der Waals surface area (Å²) in [6, 6.07) is 10.8. The Morgan fingerprint density at radius 3 is 2.52 bits per heavy atom. The third kappa shape index (κ3) is 6.97. The van der Waals surface area contributed by atoms with Crippen LogP contribution in [0.1, 0.15) is 41.9 Å². The fourth-order valence-electron chi connectivity index (χ4n) is 2.07. The van der Waals surface area contributed by atoms with E-state index < -0.39 is 0 Å². The molecule has 0 bridgehead atoms. The van der Waals surface area contributed by atoms with Gasteiger partial charge in [0, 0.05) is 16.9 Å². The highest BCUT2D eigenvalue weighted by Gasteiger charge is 2.08. The van der Waals surface area contributed by atoms with Crippen LogP contribution in [0.2, 0.25) is 0 Å². The summed E-state index contributed by atoms with van der Waals surface area (Å²) in [7, 11) is 0. The van der Waals surface area contributed by atoms with Crippen molar-refractivity contribution in [1.29, 1.82) is 0 Å². The lowest BCUT2D eigenvalue weighted by molar-refractivity contribution is -0.121. The summed E-state index contributed by atoms with van der Waals surface area (Å²) in [4.78, 5) is 24.9. The van der Waals surface area contributed by atoms with Crippen LogP contribution in [0.15, 0.2) is 41.8 Å². The van der Waals surface area contributed by atoms with E-state index in [1.165, 1.54) is 0 Å². The number of hydrogen-bond acceptors (Lipinski definition) is 4. The number of rotatable bonds is 8. The molecule has 0 fully saturated rings. The van der Waals surface area contributed by atoms with Crippen molar-refractivity contribution in [3.8, 4) is 5.75 Å². The fraction of sp³-hybridized carbons (Fsp3) is 0.368. The third-order valence-corrected chi connectivity index (χ3v) is 4.51. The molecule has 0 saturated carbocycles. The van der Waals surface area contributed by atoms with E-state index in [2.05, 4.69) is 24.7 Å². The molecule has 25 heavy (non-hydrogen) atoms. The lowest BCUT2D eigenvalue weighted by atomic mass is 10.1. The molecule has 2 amide bonds. The zero-order valence-corrected chi connectivity index (χ0v) is 15.4. The Kier molecular flexibility index (Phi) is 7.47. The Morgan fingerprint density at radius 2 is 1.88 bits per heavy atom. The van der Waals surface area contributed by atoms with E-state index in [1.807, 2.05) is 17.5 Å². The second-order valence-corrected chi connectivity index (χ2v) is 7.17.